The highest BCUT2D eigenvalue weighted by Gasteiger charge is 2.14. The van der Waals surface area contributed by atoms with Gasteiger partial charge in [-0.25, -0.2) is 0 Å². The minimum absolute atomic E-state index is 0.00487. The lowest BCUT2D eigenvalue weighted by molar-refractivity contribution is -0.385. The molecule has 0 spiro atoms. The van der Waals surface area contributed by atoms with Gasteiger partial charge in [-0.3, -0.25) is 10.1 Å². The van der Waals surface area contributed by atoms with E-state index >= 15 is 0 Å². The molecule has 6 nitrogen and oxygen atoms in total. The van der Waals surface area contributed by atoms with Gasteiger partial charge in [0.15, 0.2) is 5.75 Å². The summed E-state index contributed by atoms with van der Waals surface area (Å²) in [5.41, 5.74) is 0.864. The van der Waals surface area contributed by atoms with Gasteiger partial charge in [-0.15, -0.1) is 0 Å². The summed E-state index contributed by atoms with van der Waals surface area (Å²) >= 11 is 0. The highest BCUT2D eigenvalue weighted by molar-refractivity contribution is 5.48. The molecule has 20 heavy (non-hydrogen) atoms. The zero-order chi connectivity index (χ0) is 14.8. The number of nitrogens with zero attached hydrogens (tertiary/aromatic N) is 1. The van der Waals surface area contributed by atoms with Crippen molar-refractivity contribution in [1.82, 2.24) is 5.32 Å². The maximum Gasteiger partial charge on any atom is 0.311 e. The monoisotopic (exact) mass is 282 g/mol. The molecule has 2 N–H and O–H groups in total. The average Bonchev–Trinajstić information content (AvgIpc) is 2.46. The standard InChI is InChI=1S/C14H22N2O4/c1-20-14-7-6-12(10-13(14)16(18)19)11-15-8-4-2-3-5-9-17/h6-7,10,15,17H,2-5,8-9,11H2,1H3. The summed E-state index contributed by atoms with van der Waals surface area (Å²) in [6.07, 6.45) is 4.01. The molecule has 0 aliphatic heterocycles. The Bertz CT molecular complexity index is 424. The number of aliphatic hydroxyl groups excluding tert-OH is 1. The second kappa shape index (κ2) is 9.28. The molecular weight excluding hydrogens is 260 g/mol. The van der Waals surface area contributed by atoms with Crippen LogP contribution in [0.1, 0.15) is 31.2 Å². The highest BCUT2D eigenvalue weighted by atomic mass is 16.6. The van der Waals surface area contributed by atoms with Crippen LogP contribution < -0.4 is 10.1 Å². The summed E-state index contributed by atoms with van der Waals surface area (Å²) in [6, 6.07) is 4.98. The fourth-order valence-corrected chi connectivity index (χ4v) is 1.94. The lowest BCUT2D eigenvalue weighted by Gasteiger charge is -2.07. The van der Waals surface area contributed by atoms with Gasteiger partial charge >= 0.3 is 5.69 Å². The van der Waals surface area contributed by atoms with Crippen LogP contribution in [0.25, 0.3) is 0 Å². The first-order chi connectivity index (χ1) is 9.69. The lowest BCUT2D eigenvalue weighted by atomic mass is 10.1. The molecule has 1 aromatic rings. The van der Waals surface area contributed by atoms with E-state index in [-0.39, 0.29) is 18.0 Å². The van der Waals surface area contributed by atoms with E-state index in [0.717, 1.165) is 37.8 Å². The molecule has 1 rings (SSSR count). The van der Waals surface area contributed by atoms with Gasteiger partial charge in [0.05, 0.1) is 12.0 Å². The van der Waals surface area contributed by atoms with Crippen molar-refractivity contribution in [3.8, 4) is 5.75 Å². The molecule has 0 aliphatic rings. The Morgan fingerprint density at radius 3 is 2.70 bits per heavy atom. The van der Waals surface area contributed by atoms with E-state index in [9.17, 15) is 10.1 Å². The van der Waals surface area contributed by atoms with Crippen LogP contribution in [-0.4, -0.2) is 30.3 Å². The number of nitro benzene ring substituents is 1. The number of hydrogen-bond acceptors (Lipinski definition) is 5. The largest absolute Gasteiger partial charge is 0.490 e. The Morgan fingerprint density at radius 2 is 2.05 bits per heavy atom. The number of ether oxygens (including phenoxy) is 1. The lowest BCUT2D eigenvalue weighted by Crippen LogP contribution is -2.14. The molecule has 0 amide bonds. The molecule has 0 unspecified atom stereocenters. The topological polar surface area (TPSA) is 84.6 Å². The molecule has 112 valence electrons. The van der Waals surface area contributed by atoms with Crippen molar-refractivity contribution in [2.75, 3.05) is 20.3 Å². The number of benzene rings is 1. The van der Waals surface area contributed by atoms with Crippen molar-refractivity contribution in [3.63, 3.8) is 0 Å². The van der Waals surface area contributed by atoms with E-state index in [1.54, 1.807) is 6.07 Å². The number of aliphatic hydroxyl groups is 1. The zero-order valence-corrected chi connectivity index (χ0v) is 11.8. The summed E-state index contributed by atoms with van der Waals surface area (Å²) < 4.78 is 4.96. The third-order valence-electron chi connectivity index (χ3n) is 3.03. The van der Waals surface area contributed by atoms with Gasteiger partial charge in [-0.05, 0) is 31.0 Å². The van der Waals surface area contributed by atoms with E-state index in [2.05, 4.69) is 5.32 Å². The molecule has 0 radical (unpaired) electrons. The number of hydrogen-bond donors (Lipinski definition) is 2. The Morgan fingerprint density at radius 1 is 1.30 bits per heavy atom. The molecule has 0 fully saturated rings. The summed E-state index contributed by atoms with van der Waals surface area (Å²) in [7, 11) is 1.42. The van der Waals surface area contributed by atoms with E-state index in [0.29, 0.717) is 6.54 Å². The van der Waals surface area contributed by atoms with Crippen LogP contribution in [-0.2, 0) is 6.54 Å². The molecule has 0 aromatic heterocycles. The van der Waals surface area contributed by atoms with E-state index in [4.69, 9.17) is 9.84 Å². The van der Waals surface area contributed by atoms with Crippen LogP contribution in [0.15, 0.2) is 18.2 Å². The zero-order valence-electron chi connectivity index (χ0n) is 11.8. The molecule has 0 atom stereocenters. The second-order valence-corrected chi connectivity index (χ2v) is 4.58. The Hall–Kier alpha value is -1.66. The molecule has 0 aliphatic carbocycles. The van der Waals surface area contributed by atoms with Gasteiger partial charge in [-0.1, -0.05) is 18.9 Å². The van der Waals surface area contributed by atoms with Crippen LogP contribution in [0.3, 0.4) is 0 Å². The van der Waals surface area contributed by atoms with Gasteiger partial charge in [0.25, 0.3) is 0 Å². The molecule has 1 aromatic carbocycles. The first kappa shape index (κ1) is 16.4. The highest BCUT2D eigenvalue weighted by Crippen LogP contribution is 2.27. The van der Waals surface area contributed by atoms with Gasteiger partial charge in [0, 0.05) is 19.2 Å². The van der Waals surface area contributed by atoms with Gasteiger partial charge in [-0.2, -0.15) is 0 Å². The van der Waals surface area contributed by atoms with E-state index in [1.165, 1.54) is 13.2 Å². The Labute approximate surface area is 118 Å². The van der Waals surface area contributed by atoms with Crippen molar-refractivity contribution in [2.45, 2.75) is 32.2 Å². The van der Waals surface area contributed by atoms with Crippen molar-refractivity contribution >= 4 is 5.69 Å². The Balaban J connectivity index is 2.37. The number of methoxy groups -OCH3 is 1. The summed E-state index contributed by atoms with van der Waals surface area (Å²) in [5, 5.41) is 22.8. The van der Waals surface area contributed by atoms with Crippen molar-refractivity contribution in [3.05, 3.63) is 33.9 Å². The number of unbranched alkanes of at least 4 members (excludes halogenated alkanes) is 3. The van der Waals surface area contributed by atoms with Gasteiger partial charge in [0.2, 0.25) is 0 Å². The minimum Gasteiger partial charge on any atom is -0.490 e. The normalized spacial score (nSPS) is 10.5. The maximum atomic E-state index is 10.9. The van der Waals surface area contributed by atoms with Crippen LogP contribution in [0, 0.1) is 10.1 Å². The minimum atomic E-state index is -0.433. The average molecular weight is 282 g/mol. The maximum absolute atomic E-state index is 10.9. The molecular formula is C14H22N2O4. The molecule has 0 heterocycles. The van der Waals surface area contributed by atoms with E-state index < -0.39 is 4.92 Å². The first-order valence-electron chi connectivity index (χ1n) is 6.82. The van der Waals surface area contributed by atoms with Crippen LogP contribution >= 0.6 is 0 Å². The van der Waals surface area contributed by atoms with Crippen molar-refractivity contribution in [2.24, 2.45) is 0 Å². The van der Waals surface area contributed by atoms with Crippen LogP contribution in [0.5, 0.6) is 5.75 Å². The van der Waals surface area contributed by atoms with Crippen molar-refractivity contribution < 1.29 is 14.8 Å². The first-order valence-corrected chi connectivity index (χ1v) is 6.82. The molecule has 0 saturated heterocycles. The second-order valence-electron chi connectivity index (χ2n) is 4.58. The van der Waals surface area contributed by atoms with Crippen LogP contribution in [0.4, 0.5) is 5.69 Å². The quantitative estimate of drug-likeness (QED) is 0.390. The SMILES string of the molecule is COc1ccc(CNCCCCCCO)cc1[N+](=O)[O-]. The summed E-state index contributed by atoms with van der Waals surface area (Å²) in [5.74, 6) is 0.280. The fraction of sp³-hybridized carbons (Fsp3) is 0.571. The molecule has 0 bridgehead atoms. The summed E-state index contributed by atoms with van der Waals surface area (Å²) in [6.45, 7) is 1.72. The number of nitrogens with one attached hydrogen (secondary N) is 1. The van der Waals surface area contributed by atoms with E-state index in [1.807, 2.05) is 6.07 Å². The summed E-state index contributed by atoms with van der Waals surface area (Å²) in [4.78, 5) is 10.5. The van der Waals surface area contributed by atoms with Crippen LogP contribution in [0.2, 0.25) is 0 Å². The molecule has 6 heteroatoms. The van der Waals surface area contributed by atoms with Gasteiger partial charge < -0.3 is 15.2 Å². The van der Waals surface area contributed by atoms with Gasteiger partial charge in [0.1, 0.15) is 0 Å². The third-order valence-corrected chi connectivity index (χ3v) is 3.03. The fourth-order valence-electron chi connectivity index (χ4n) is 1.94. The smallest absolute Gasteiger partial charge is 0.311 e. The number of rotatable bonds is 10. The van der Waals surface area contributed by atoms with Crippen molar-refractivity contribution in [1.29, 1.82) is 0 Å². The third kappa shape index (κ3) is 5.54. The Kier molecular flexibility index (Phi) is 7.60. The molecule has 0 saturated carbocycles. The predicted molar refractivity (Wildman–Crippen MR) is 76.9 cm³/mol. The number of nitro groups is 1. The predicted octanol–water partition coefficient (Wildman–Crippen LogP) is 2.25.